The Labute approximate surface area is 169 Å². The fourth-order valence-electron chi connectivity index (χ4n) is 4.68. The molecule has 1 atom stereocenters. The lowest BCUT2D eigenvalue weighted by Crippen LogP contribution is -2.55. The number of piperazine rings is 1. The van der Waals surface area contributed by atoms with Gasteiger partial charge in [0.1, 0.15) is 5.75 Å². The van der Waals surface area contributed by atoms with Crippen LogP contribution in [0.4, 0.5) is 5.69 Å². The number of hydrogen-bond acceptors (Lipinski definition) is 4. The highest BCUT2D eigenvalue weighted by Crippen LogP contribution is 2.29. The average molecular weight is 380 g/mol. The maximum absolute atomic E-state index is 5.56. The highest BCUT2D eigenvalue weighted by atomic mass is 16.5. The maximum Gasteiger partial charge on any atom is 0.142 e. The summed E-state index contributed by atoms with van der Waals surface area (Å²) < 4.78 is 5.56. The van der Waals surface area contributed by atoms with Crippen molar-refractivity contribution in [2.24, 2.45) is 0 Å². The third-order valence-corrected chi connectivity index (χ3v) is 6.30. The zero-order chi connectivity index (χ0) is 19.2. The van der Waals surface area contributed by atoms with Gasteiger partial charge in [0, 0.05) is 45.3 Å². The minimum absolute atomic E-state index is 0.712. The highest BCUT2D eigenvalue weighted by molar-refractivity contribution is 5.58. The Kier molecular flexibility index (Phi) is 6.50. The summed E-state index contributed by atoms with van der Waals surface area (Å²) in [5, 5.41) is 0. The van der Waals surface area contributed by atoms with Gasteiger partial charge in [-0.05, 0) is 43.5 Å². The molecule has 2 aliphatic rings. The molecular formula is C24H33N3O. The molecule has 0 aromatic heterocycles. The van der Waals surface area contributed by atoms with E-state index in [0.29, 0.717) is 6.04 Å². The number of nitrogens with zero attached hydrogens (tertiary/aromatic N) is 3. The summed E-state index contributed by atoms with van der Waals surface area (Å²) in [6.07, 6.45) is 3.83. The lowest BCUT2D eigenvalue weighted by Gasteiger charge is -2.44. The van der Waals surface area contributed by atoms with E-state index in [1.54, 1.807) is 7.11 Å². The molecule has 0 bridgehead atoms. The molecule has 0 saturated carbocycles. The molecule has 2 aromatic rings. The normalized spacial score (nSPS) is 21.6. The van der Waals surface area contributed by atoms with Crippen molar-refractivity contribution < 1.29 is 4.74 Å². The lowest BCUT2D eigenvalue weighted by molar-refractivity contribution is 0.0932. The molecule has 0 unspecified atom stereocenters. The van der Waals surface area contributed by atoms with Crippen molar-refractivity contribution in [3.8, 4) is 5.75 Å². The Morgan fingerprint density at radius 2 is 1.64 bits per heavy atom. The fourth-order valence-corrected chi connectivity index (χ4v) is 4.68. The molecule has 150 valence electrons. The Bertz CT molecular complexity index is 728. The standard InChI is InChI=1S/C24H33N3O/c1-28-24-12-6-5-11-23(24)27-18-16-26(17-19-27)22-10-7-14-25(20-22)15-13-21-8-3-2-4-9-21/h2-6,8-9,11-12,22H,7,10,13-20H2,1H3/t22-/m0/s1. The van der Waals surface area contributed by atoms with E-state index in [2.05, 4.69) is 63.2 Å². The van der Waals surface area contributed by atoms with Gasteiger partial charge in [-0.2, -0.15) is 0 Å². The predicted octanol–water partition coefficient (Wildman–Crippen LogP) is 3.52. The number of benzene rings is 2. The smallest absolute Gasteiger partial charge is 0.142 e. The average Bonchev–Trinajstić information content (AvgIpc) is 2.79. The summed E-state index contributed by atoms with van der Waals surface area (Å²) in [7, 11) is 1.77. The maximum atomic E-state index is 5.56. The van der Waals surface area contributed by atoms with Gasteiger partial charge in [-0.3, -0.25) is 4.90 Å². The molecule has 0 radical (unpaired) electrons. The molecule has 2 aromatic carbocycles. The molecule has 2 fully saturated rings. The molecular weight excluding hydrogens is 346 g/mol. The van der Waals surface area contributed by atoms with Crippen molar-refractivity contribution in [1.82, 2.24) is 9.80 Å². The summed E-state index contributed by atoms with van der Waals surface area (Å²) >= 11 is 0. The monoisotopic (exact) mass is 379 g/mol. The predicted molar refractivity (Wildman–Crippen MR) is 116 cm³/mol. The van der Waals surface area contributed by atoms with Gasteiger partial charge < -0.3 is 14.5 Å². The van der Waals surface area contributed by atoms with Gasteiger partial charge in [0.05, 0.1) is 12.8 Å². The van der Waals surface area contributed by atoms with Crippen LogP contribution in [0, 0.1) is 0 Å². The van der Waals surface area contributed by atoms with Gasteiger partial charge >= 0.3 is 0 Å². The summed E-state index contributed by atoms with van der Waals surface area (Å²) in [4.78, 5) is 7.87. The summed E-state index contributed by atoms with van der Waals surface area (Å²) in [6.45, 7) is 8.12. The van der Waals surface area contributed by atoms with Gasteiger partial charge in [-0.1, -0.05) is 42.5 Å². The Morgan fingerprint density at radius 3 is 2.43 bits per heavy atom. The van der Waals surface area contributed by atoms with Gasteiger partial charge in [0.15, 0.2) is 0 Å². The van der Waals surface area contributed by atoms with Crippen LogP contribution >= 0.6 is 0 Å². The quantitative estimate of drug-likeness (QED) is 0.764. The first-order valence-corrected chi connectivity index (χ1v) is 10.7. The van der Waals surface area contributed by atoms with Crippen molar-refractivity contribution in [2.45, 2.75) is 25.3 Å². The number of piperidine rings is 1. The van der Waals surface area contributed by atoms with E-state index in [0.717, 1.165) is 38.3 Å². The fraction of sp³-hybridized carbons (Fsp3) is 0.500. The van der Waals surface area contributed by atoms with E-state index in [1.165, 1.54) is 43.7 Å². The molecule has 0 spiro atoms. The SMILES string of the molecule is COc1ccccc1N1CCN([C@H]2CCCN(CCc3ccccc3)C2)CC1. The van der Waals surface area contributed by atoms with Crippen LogP contribution in [0.1, 0.15) is 18.4 Å². The van der Waals surface area contributed by atoms with Crippen molar-refractivity contribution in [1.29, 1.82) is 0 Å². The van der Waals surface area contributed by atoms with Crippen LogP contribution in [0.2, 0.25) is 0 Å². The van der Waals surface area contributed by atoms with Crippen LogP contribution in [-0.2, 0) is 6.42 Å². The minimum atomic E-state index is 0.712. The highest BCUT2D eigenvalue weighted by Gasteiger charge is 2.28. The molecule has 2 saturated heterocycles. The number of rotatable bonds is 6. The van der Waals surface area contributed by atoms with E-state index >= 15 is 0 Å². The summed E-state index contributed by atoms with van der Waals surface area (Å²) in [5.74, 6) is 0.987. The zero-order valence-electron chi connectivity index (χ0n) is 17.1. The van der Waals surface area contributed by atoms with Crippen LogP contribution in [0.15, 0.2) is 54.6 Å². The Morgan fingerprint density at radius 1 is 0.893 bits per heavy atom. The van der Waals surface area contributed by atoms with Crippen molar-refractivity contribution in [2.75, 3.05) is 57.8 Å². The first-order valence-electron chi connectivity index (χ1n) is 10.7. The zero-order valence-corrected chi connectivity index (χ0v) is 17.1. The number of ether oxygens (including phenoxy) is 1. The van der Waals surface area contributed by atoms with Gasteiger partial charge in [-0.15, -0.1) is 0 Å². The molecule has 0 aliphatic carbocycles. The van der Waals surface area contributed by atoms with E-state index < -0.39 is 0 Å². The van der Waals surface area contributed by atoms with Crippen molar-refractivity contribution in [3.63, 3.8) is 0 Å². The third-order valence-electron chi connectivity index (χ3n) is 6.30. The van der Waals surface area contributed by atoms with Crippen LogP contribution in [0.25, 0.3) is 0 Å². The van der Waals surface area contributed by atoms with Crippen molar-refractivity contribution in [3.05, 3.63) is 60.2 Å². The summed E-state index contributed by atoms with van der Waals surface area (Å²) in [5.41, 5.74) is 2.69. The van der Waals surface area contributed by atoms with E-state index in [9.17, 15) is 0 Å². The molecule has 28 heavy (non-hydrogen) atoms. The van der Waals surface area contributed by atoms with Crippen LogP contribution < -0.4 is 9.64 Å². The largest absolute Gasteiger partial charge is 0.495 e. The van der Waals surface area contributed by atoms with Crippen molar-refractivity contribution >= 4 is 5.69 Å². The minimum Gasteiger partial charge on any atom is -0.495 e. The molecule has 4 rings (SSSR count). The van der Waals surface area contributed by atoms with E-state index in [4.69, 9.17) is 4.74 Å². The Hall–Kier alpha value is -2.04. The van der Waals surface area contributed by atoms with Crippen LogP contribution in [0.5, 0.6) is 5.75 Å². The van der Waals surface area contributed by atoms with Gasteiger partial charge in [0.2, 0.25) is 0 Å². The molecule has 4 nitrogen and oxygen atoms in total. The summed E-state index contributed by atoms with van der Waals surface area (Å²) in [6, 6.07) is 20.0. The van der Waals surface area contributed by atoms with Crippen LogP contribution in [0.3, 0.4) is 0 Å². The third kappa shape index (κ3) is 4.68. The molecule has 0 N–H and O–H groups in total. The Balaban J connectivity index is 1.28. The molecule has 4 heteroatoms. The molecule has 2 heterocycles. The lowest BCUT2D eigenvalue weighted by atomic mass is 10.0. The van der Waals surface area contributed by atoms with E-state index in [1.807, 2.05) is 6.07 Å². The number of para-hydroxylation sites is 2. The first kappa shape index (κ1) is 19.3. The first-order chi connectivity index (χ1) is 13.8. The number of anilines is 1. The second-order valence-electron chi connectivity index (χ2n) is 8.03. The second kappa shape index (κ2) is 9.44. The van der Waals surface area contributed by atoms with Gasteiger partial charge in [0.25, 0.3) is 0 Å². The number of likely N-dealkylation sites (tertiary alicyclic amines) is 1. The van der Waals surface area contributed by atoms with Gasteiger partial charge in [-0.25, -0.2) is 0 Å². The second-order valence-corrected chi connectivity index (χ2v) is 8.03. The topological polar surface area (TPSA) is 19.0 Å². The molecule has 2 aliphatic heterocycles. The molecule has 0 amide bonds. The number of hydrogen-bond donors (Lipinski definition) is 0. The van der Waals surface area contributed by atoms with E-state index in [-0.39, 0.29) is 0 Å². The number of methoxy groups -OCH3 is 1. The van der Waals surface area contributed by atoms with Crippen LogP contribution in [-0.4, -0.2) is 68.8 Å².